The minimum atomic E-state index is -2.36. The molecule has 0 aromatic heterocycles. The van der Waals surface area contributed by atoms with Gasteiger partial charge in [-0.1, -0.05) is 0 Å². The number of halogens is 2. The molecule has 0 aromatic rings. The molecule has 0 radical (unpaired) electrons. The molecule has 0 amide bonds. The van der Waals surface area contributed by atoms with E-state index < -0.39 is 12.5 Å². The zero-order valence-electron chi connectivity index (χ0n) is 5.74. The van der Waals surface area contributed by atoms with Crippen molar-refractivity contribution in [3.8, 4) is 6.07 Å². The average molecular weight is 159 g/mol. The Bertz CT molecular complexity index is 196. The molecule has 0 N–H and O–H groups in total. The number of rotatable bonds is 2. The number of nitrogens with zero attached hydrogens (tertiary/aromatic N) is 3. The monoisotopic (exact) mass is 159 g/mol. The van der Waals surface area contributed by atoms with Crippen molar-refractivity contribution in [1.29, 1.82) is 5.26 Å². The molecule has 0 aliphatic carbocycles. The molecule has 0 saturated heterocycles. The Morgan fingerprint density at radius 2 is 2.55 bits per heavy atom. The van der Waals surface area contributed by atoms with Gasteiger partial charge in [-0.2, -0.15) is 5.26 Å². The molecule has 1 aliphatic heterocycles. The van der Waals surface area contributed by atoms with Gasteiger partial charge in [0.2, 0.25) is 0 Å². The molecule has 11 heavy (non-hydrogen) atoms. The Morgan fingerprint density at radius 3 is 3.00 bits per heavy atom. The Kier molecular flexibility index (Phi) is 2.36. The summed E-state index contributed by atoms with van der Waals surface area (Å²) >= 11 is 0. The molecule has 0 bridgehead atoms. The van der Waals surface area contributed by atoms with Crippen LogP contribution in [0, 0.1) is 11.3 Å². The second kappa shape index (κ2) is 3.28. The van der Waals surface area contributed by atoms with E-state index in [0.29, 0.717) is 6.54 Å². The van der Waals surface area contributed by atoms with E-state index >= 15 is 0 Å². The predicted molar refractivity (Wildman–Crippen MR) is 35.5 cm³/mol. The lowest BCUT2D eigenvalue weighted by Crippen LogP contribution is -2.27. The maximum Gasteiger partial charge on any atom is 0.255 e. The number of alkyl halides is 2. The van der Waals surface area contributed by atoms with Crippen LogP contribution in [0.2, 0.25) is 0 Å². The lowest BCUT2D eigenvalue weighted by Gasteiger charge is -2.12. The minimum absolute atomic E-state index is 0.292. The van der Waals surface area contributed by atoms with Crippen molar-refractivity contribution < 1.29 is 8.78 Å². The first kappa shape index (κ1) is 7.92. The van der Waals surface area contributed by atoms with Crippen molar-refractivity contribution in [3.63, 3.8) is 0 Å². The lowest BCUT2D eigenvalue weighted by molar-refractivity contribution is 0.120. The smallest absolute Gasteiger partial charge is 0.255 e. The van der Waals surface area contributed by atoms with Crippen LogP contribution in [0.4, 0.5) is 8.78 Å². The molecule has 0 spiro atoms. The first-order valence-electron chi connectivity index (χ1n) is 3.17. The van der Waals surface area contributed by atoms with Gasteiger partial charge in [0.25, 0.3) is 6.43 Å². The van der Waals surface area contributed by atoms with Crippen LogP contribution in [0.5, 0.6) is 0 Å². The largest absolute Gasteiger partial charge is 0.354 e. The van der Waals surface area contributed by atoms with Crippen LogP contribution in [0.25, 0.3) is 0 Å². The third-order valence-corrected chi connectivity index (χ3v) is 1.34. The third-order valence-electron chi connectivity index (χ3n) is 1.34. The zero-order chi connectivity index (χ0) is 8.27. The van der Waals surface area contributed by atoms with Crippen LogP contribution in [0.3, 0.4) is 0 Å². The fourth-order valence-electron chi connectivity index (χ4n) is 0.864. The minimum Gasteiger partial charge on any atom is -0.354 e. The highest BCUT2D eigenvalue weighted by molar-refractivity contribution is 5.58. The Balaban J connectivity index is 2.33. The summed E-state index contributed by atoms with van der Waals surface area (Å²) in [6, 6.07) is 1.42. The van der Waals surface area contributed by atoms with E-state index in [2.05, 4.69) is 4.99 Å². The molecule has 5 heteroatoms. The molecular formula is C6H7F2N3. The molecule has 1 heterocycles. The van der Waals surface area contributed by atoms with Crippen LogP contribution in [0.1, 0.15) is 0 Å². The van der Waals surface area contributed by atoms with Crippen LogP contribution in [0.15, 0.2) is 4.99 Å². The number of aliphatic imine (C=N–C) groups is 1. The summed E-state index contributed by atoms with van der Waals surface area (Å²) in [6.45, 7) is -0.0392. The Morgan fingerprint density at radius 1 is 1.82 bits per heavy atom. The quantitative estimate of drug-likeness (QED) is 0.588. The standard InChI is InChI=1S/C6H7F2N3/c7-6(8)3-11-2-5(1-9)10-4-11/h4-6H,2-3H2. The molecule has 1 unspecified atom stereocenters. The number of hydrogen-bond acceptors (Lipinski definition) is 3. The summed E-state index contributed by atoms with van der Waals surface area (Å²) < 4.78 is 23.5. The normalized spacial score (nSPS) is 22.7. The van der Waals surface area contributed by atoms with Crippen molar-refractivity contribution >= 4 is 6.34 Å². The maximum absolute atomic E-state index is 11.7. The molecule has 1 atom stereocenters. The van der Waals surface area contributed by atoms with Gasteiger partial charge in [0.1, 0.15) is 0 Å². The van der Waals surface area contributed by atoms with E-state index in [9.17, 15) is 8.78 Å². The highest BCUT2D eigenvalue weighted by Gasteiger charge is 2.18. The van der Waals surface area contributed by atoms with Gasteiger partial charge in [-0.3, -0.25) is 4.99 Å². The van der Waals surface area contributed by atoms with E-state index in [-0.39, 0.29) is 6.54 Å². The van der Waals surface area contributed by atoms with Crippen LogP contribution < -0.4 is 0 Å². The fourth-order valence-corrected chi connectivity index (χ4v) is 0.864. The Labute approximate surface area is 62.9 Å². The van der Waals surface area contributed by atoms with Gasteiger partial charge in [0.05, 0.1) is 25.5 Å². The van der Waals surface area contributed by atoms with Crippen LogP contribution in [-0.4, -0.2) is 36.8 Å². The topological polar surface area (TPSA) is 39.4 Å². The van der Waals surface area contributed by atoms with Crippen molar-refractivity contribution in [2.75, 3.05) is 13.1 Å². The summed E-state index contributed by atoms with van der Waals surface area (Å²) in [4.78, 5) is 5.04. The molecule has 0 fully saturated rings. The second-order valence-electron chi connectivity index (χ2n) is 2.25. The van der Waals surface area contributed by atoms with Crippen molar-refractivity contribution in [2.24, 2.45) is 4.99 Å². The first-order chi connectivity index (χ1) is 5.22. The van der Waals surface area contributed by atoms with E-state index in [0.717, 1.165) is 0 Å². The van der Waals surface area contributed by atoms with Gasteiger partial charge in [0.15, 0.2) is 6.04 Å². The van der Waals surface area contributed by atoms with Crippen molar-refractivity contribution in [1.82, 2.24) is 4.90 Å². The van der Waals surface area contributed by atoms with Crippen molar-refractivity contribution in [2.45, 2.75) is 12.5 Å². The summed E-state index contributed by atoms with van der Waals surface area (Å²) in [6.07, 6.45) is -1.06. The van der Waals surface area contributed by atoms with E-state index in [1.807, 2.05) is 6.07 Å². The summed E-state index contributed by atoms with van der Waals surface area (Å²) in [5.41, 5.74) is 0. The summed E-state index contributed by atoms with van der Waals surface area (Å²) in [5.74, 6) is 0. The number of nitriles is 1. The van der Waals surface area contributed by atoms with Gasteiger partial charge in [-0.05, 0) is 0 Å². The molecule has 3 nitrogen and oxygen atoms in total. The highest BCUT2D eigenvalue weighted by Crippen LogP contribution is 2.04. The Hall–Kier alpha value is -1.18. The van der Waals surface area contributed by atoms with Crippen LogP contribution in [-0.2, 0) is 0 Å². The first-order valence-corrected chi connectivity index (χ1v) is 3.17. The van der Waals surface area contributed by atoms with E-state index in [1.54, 1.807) is 0 Å². The fraction of sp³-hybridized carbons (Fsp3) is 0.667. The lowest BCUT2D eigenvalue weighted by atomic mass is 10.3. The summed E-state index contributed by atoms with van der Waals surface area (Å²) in [5, 5.41) is 8.34. The number of hydrogen-bond donors (Lipinski definition) is 0. The third kappa shape index (κ3) is 2.15. The average Bonchev–Trinajstić information content (AvgIpc) is 2.34. The van der Waals surface area contributed by atoms with Crippen LogP contribution >= 0.6 is 0 Å². The molecule has 60 valence electrons. The molecule has 1 aliphatic rings. The molecular weight excluding hydrogens is 152 g/mol. The summed E-state index contributed by atoms with van der Waals surface area (Å²) in [7, 11) is 0. The van der Waals surface area contributed by atoms with Crippen molar-refractivity contribution in [3.05, 3.63) is 0 Å². The van der Waals surface area contributed by atoms with E-state index in [4.69, 9.17) is 5.26 Å². The molecule has 0 aromatic carbocycles. The van der Waals surface area contributed by atoms with Gasteiger partial charge < -0.3 is 4.90 Å². The highest BCUT2D eigenvalue weighted by atomic mass is 19.3. The van der Waals surface area contributed by atoms with E-state index in [1.165, 1.54) is 11.2 Å². The SMILES string of the molecule is N#CC1CN(CC(F)F)C=N1. The van der Waals surface area contributed by atoms with Gasteiger partial charge >= 0.3 is 0 Å². The predicted octanol–water partition coefficient (Wildman–Crippen LogP) is 0.488. The molecule has 0 saturated carbocycles. The van der Waals surface area contributed by atoms with Gasteiger partial charge in [-0.15, -0.1) is 0 Å². The second-order valence-corrected chi connectivity index (χ2v) is 2.25. The van der Waals surface area contributed by atoms with Gasteiger partial charge in [0, 0.05) is 0 Å². The zero-order valence-corrected chi connectivity index (χ0v) is 5.74. The molecule has 1 rings (SSSR count). The van der Waals surface area contributed by atoms with Gasteiger partial charge in [-0.25, -0.2) is 8.78 Å². The maximum atomic E-state index is 11.7.